The minimum Gasteiger partial charge on any atom is -0.454 e. The molecule has 0 saturated heterocycles. The number of hydrogen-bond donors (Lipinski definition) is 1. The summed E-state index contributed by atoms with van der Waals surface area (Å²) in [7, 11) is 0. The predicted octanol–water partition coefficient (Wildman–Crippen LogP) is 4.38. The number of esters is 1. The quantitative estimate of drug-likeness (QED) is 0.596. The first-order chi connectivity index (χ1) is 11.9. The summed E-state index contributed by atoms with van der Waals surface area (Å²) >= 11 is 11.6. The molecule has 1 N–H and O–H groups in total. The Balaban J connectivity index is 1.94. The highest BCUT2D eigenvalue weighted by molar-refractivity contribution is 6.42. The molecule has 130 valence electrons. The van der Waals surface area contributed by atoms with Crippen LogP contribution in [-0.4, -0.2) is 24.3 Å². The number of amides is 1. The van der Waals surface area contributed by atoms with Crippen molar-refractivity contribution in [3.8, 4) is 0 Å². The number of ether oxygens (including phenoxy) is 1. The molecular formula is C18H15Cl2NO4. The molecular weight excluding hydrogens is 365 g/mol. The van der Waals surface area contributed by atoms with Crippen molar-refractivity contribution in [3.05, 3.63) is 63.6 Å². The van der Waals surface area contributed by atoms with Gasteiger partial charge in [-0.25, -0.2) is 4.79 Å². The van der Waals surface area contributed by atoms with Gasteiger partial charge in [0.05, 0.1) is 15.6 Å². The molecule has 0 fully saturated rings. The summed E-state index contributed by atoms with van der Waals surface area (Å²) < 4.78 is 5.00. The molecule has 0 heterocycles. The van der Waals surface area contributed by atoms with Crippen LogP contribution in [0.2, 0.25) is 10.0 Å². The van der Waals surface area contributed by atoms with Crippen molar-refractivity contribution in [2.75, 3.05) is 11.9 Å². The van der Waals surface area contributed by atoms with Crippen molar-refractivity contribution in [3.63, 3.8) is 0 Å². The van der Waals surface area contributed by atoms with Crippen LogP contribution in [0.4, 0.5) is 5.69 Å². The number of carbonyl (C=O) groups is 3. The first kappa shape index (κ1) is 19.0. The molecule has 0 bridgehead atoms. The van der Waals surface area contributed by atoms with Crippen molar-refractivity contribution >= 4 is 46.5 Å². The third kappa shape index (κ3) is 5.31. The summed E-state index contributed by atoms with van der Waals surface area (Å²) in [6, 6.07) is 10.6. The first-order valence-electron chi connectivity index (χ1n) is 7.46. The van der Waals surface area contributed by atoms with Crippen LogP contribution in [-0.2, 0) is 9.53 Å². The fourth-order valence-corrected chi connectivity index (χ4v) is 2.20. The Morgan fingerprint density at radius 1 is 0.960 bits per heavy atom. The summed E-state index contributed by atoms with van der Waals surface area (Å²) in [6.07, 6.45) is 0.362. The number of ketones is 1. The van der Waals surface area contributed by atoms with Crippen LogP contribution in [0.5, 0.6) is 0 Å². The van der Waals surface area contributed by atoms with Crippen molar-refractivity contribution in [1.82, 2.24) is 0 Å². The van der Waals surface area contributed by atoms with E-state index in [1.807, 2.05) is 0 Å². The molecule has 0 aliphatic rings. The minimum absolute atomic E-state index is 0.123. The number of hydrogen-bond acceptors (Lipinski definition) is 4. The van der Waals surface area contributed by atoms with Gasteiger partial charge in [-0.1, -0.05) is 30.1 Å². The van der Waals surface area contributed by atoms with Crippen molar-refractivity contribution in [2.45, 2.75) is 13.3 Å². The minimum atomic E-state index is -0.637. The SMILES string of the molecule is CCC(=O)Nc1ccc(C(=O)OCC(=O)c2ccc(Cl)c(Cl)c2)cc1. The van der Waals surface area contributed by atoms with E-state index in [0.29, 0.717) is 22.7 Å². The average molecular weight is 380 g/mol. The summed E-state index contributed by atoms with van der Waals surface area (Å²) in [5, 5.41) is 3.26. The molecule has 1 amide bonds. The average Bonchev–Trinajstić information content (AvgIpc) is 2.62. The molecule has 0 aliphatic heterocycles. The maximum absolute atomic E-state index is 12.0. The molecule has 0 spiro atoms. The number of benzene rings is 2. The lowest BCUT2D eigenvalue weighted by molar-refractivity contribution is -0.115. The Labute approximate surface area is 154 Å². The molecule has 0 radical (unpaired) electrons. The number of halogens is 2. The largest absolute Gasteiger partial charge is 0.454 e. The number of Topliss-reactive ketones (excluding diaryl/α,β-unsaturated/α-hetero) is 1. The zero-order valence-electron chi connectivity index (χ0n) is 13.3. The molecule has 2 rings (SSSR count). The van der Waals surface area contributed by atoms with E-state index in [-0.39, 0.29) is 16.5 Å². The summed E-state index contributed by atoms with van der Waals surface area (Å²) in [5.41, 5.74) is 1.16. The van der Waals surface area contributed by atoms with Crippen molar-refractivity contribution in [2.24, 2.45) is 0 Å². The van der Waals surface area contributed by atoms with Gasteiger partial charge in [-0.05, 0) is 42.5 Å². The van der Waals surface area contributed by atoms with Gasteiger partial charge in [0.2, 0.25) is 5.91 Å². The van der Waals surface area contributed by atoms with Crippen LogP contribution >= 0.6 is 23.2 Å². The van der Waals surface area contributed by atoms with E-state index >= 15 is 0 Å². The van der Waals surface area contributed by atoms with Gasteiger partial charge >= 0.3 is 5.97 Å². The zero-order chi connectivity index (χ0) is 18.4. The molecule has 5 nitrogen and oxygen atoms in total. The molecule has 0 aromatic heterocycles. The standard InChI is InChI=1S/C18H15Cl2NO4/c1-2-17(23)21-13-6-3-11(4-7-13)18(24)25-10-16(22)12-5-8-14(19)15(20)9-12/h3-9H,2,10H2,1H3,(H,21,23). The van der Waals surface area contributed by atoms with Crippen LogP contribution in [0, 0.1) is 0 Å². The fourth-order valence-electron chi connectivity index (χ4n) is 1.91. The van der Waals surface area contributed by atoms with Crippen LogP contribution in [0.1, 0.15) is 34.1 Å². The normalized spacial score (nSPS) is 10.2. The topological polar surface area (TPSA) is 72.5 Å². The Kier molecular flexibility index (Phi) is 6.56. The van der Waals surface area contributed by atoms with Gasteiger partial charge in [0.15, 0.2) is 12.4 Å². The van der Waals surface area contributed by atoms with Gasteiger partial charge in [-0.15, -0.1) is 0 Å². The Morgan fingerprint density at radius 2 is 1.60 bits per heavy atom. The third-order valence-corrected chi connectivity index (χ3v) is 4.04. The second-order valence-electron chi connectivity index (χ2n) is 5.11. The lowest BCUT2D eigenvalue weighted by atomic mass is 10.1. The van der Waals surface area contributed by atoms with Gasteiger partial charge in [-0.3, -0.25) is 9.59 Å². The third-order valence-electron chi connectivity index (χ3n) is 3.30. The monoisotopic (exact) mass is 379 g/mol. The van der Waals surface area contributed by atoms with Crippen LogP contribution in [0.25, 0.3) is 0 Å². The van der Waals surface area contributed by atoms with Gasteiger partial charge in [0, 0.05) is 17.7 Å². The molecule has 0 atom stereocenters. The van der Waals surface area contributed by atoms with E-state index in [2.05, 4.69) is 5.32 Å². The Morgan fingerprint density at radius 3 is 2.20 bits per heavy atom. The maximum Gasteiger partial charge on any atom is 0.338 e. The van der Waals surface area contributed by atoms with Crippen LogP contribution in [0.3, 0.4) is 0 Å². The molecule has 2 aromatic carbocycles. The molecule has 2 aromatic rings. The second-order valence-corrected chi connectivity index (χ2v) is 5.92. The van der Waals surface area contributed by atoms with E-state index in [0.717, 1.165) is 0 Å². The van der Waals surface area contributed by atoms with Gasteiger partial charge < -0.3 is 10.1 Å². The van der Waals surface area contributed by atoms with E-state index in [9.17, 15) is 14.4 Å². The lowest BCUT2D eigenvalue weighted by Gasteiger charge is -2.07. The summed E-state index contributed by atoms with van der Waals surface area (Å²) in [4.78, 5) is 35.3. The lowest BCUT2D eigenvalue weighted by Crippen LogP contribution is -2.14. The van der Waals surface area contributed by atoms with E-state index < -0.39 is 18.4 Å². The number of rotatable bonds is 6. The van der Waals surface area contributed by atoms with E-state index in [1.54, 1.807) is 19.1 Å². The van der Waals surface area contributed by atoms with Crippen molar-refractivity contribution in [1.29, 1.82) is 0 Å². The highest BCUT2D eigenvalue weighted by Gasteiger charge is 2.13. The molecule has 0 saturated carbocycles. The maximum atomic E-state index is 12.0. The molecule has 7 heteroatoms. The number of carbonyl (C=O) groups excluding carboxylic acids is 3. The molecule has 0 aliphatic carbocycles. The Hall–Kier alpha value is -2.37. The van der Waals surface area contributed by atoms with E-state index in [1.165, 1.54) is 30.3 Å². The van der Waals surface area contributed by atoms with Gasteiger partial charge in [0.25, 0.3) is 0 Å². The van der Waals surface area contributed by atoms with Crippen LogP contribution < -0.4 is 5.32 Å². The highest BCUT2D eigenvalue weighted by atomic mass is 35.5. The van der Waals surface area contributed by atoms with Crippen molar-refractivity contribution < 1.29 is 19.1 Å². The Bertz CT molecular complexity index is 803. The van der Waals surface area contributed by atoms with E-state index in [4.69, 9.17) is 27.9 Å². The molecule has 0 unspecified atom stereocenters. The van der Waals surface area contributed by atoms with Gasteiger partial charge in [0.1, 0.15) is 0 Å². The molecule has 25 heavy (non-hydrogen) atoms. The second kappa shape index (κ2) is 8.65. The first-order valence-corrected chi connectivity index (χ1v) is 8.21. The van der Waals surface area contributed by atoms with Gasteiger partial charge in [-0.2, -0.15) is 0 Å². The highest BCUT2D eigenvalue weighted by Crippen LogP contribution is 2.22. The predicted molar refractivity (Wildman–Crippen MR) is 96.4 cm³/mol. The fraction of sp³-hybridized carbons (Fsp3) is 0.167. The summed E-state index contributed by atoms with van der Waals surface area (Å²) in [5.74, 6) is -1.15. The number of nitrogens with one attached hydrogen (secondary N) is 1. The zero-order valence-corrected chi connectivity index (χ0v) is 14.9. The summed E-state index contributed by atoms with van der Waals surface area (Å²) in [6.45, 7) is 1.33. The smallest absolute Gasteiger partial charge is 0.338 e. The number of anilines is 1. The van der Waals surface area contributed by atoms with Crippen LogP contribution in [0.15, 0.2) is 42.5 Å².